The van der Waals surface area contributed by atoms with Gasteiger partial charge in [0.2, 0.25) is 5.91 Å². The molecule has 5 nitrogen and oxygen atoms in total. The number of nitrogens with zero attached hydrogens (tertiary/aromatic N) is 1. The van der Waals surface area contributed by atoms with Crippen molar-refractivity contribution in [3.63, 3.8) is 0 Å². The standard InChI is InChI=1S/C12H21NO4/c1-9(7-12(15)16)6-11(14)13-4-3-5-17-10(2)8-13/h9-10H,3-8H2,1-2H3,(H,15,16). The predicted molar refractivity (Wildman–Crippen MR) is 62.6 cm³/mol. The lowest BCUT2D eigenvalue weighted by atomic mass is 10.0. The zero-order valence-electron chi connectivity index (χ0n) is 10.5. The number of rotatable bonds is 4. The maximum Gasteiger partial charge on any atom is 0.303 e. The minimum atomic E-state index is -0.849. The minimum absolute atomic E-state index is 0.0381. The second-order valence-corrected chi connectivity index (χ2v) is 4.78. The number of hydrogen-bond acceptors (Lipinski definition) is 3. The Kier molecular flexibility index (Phi) is 5.41. The molecule has 0 bridgehead atoms. The number of carboxylic acids is 1. The van der Waals surface area contributed by atoms with Gasteiger partial charge < -0.3 is 14.7 Å². The smallest absolute Gasteiger partial charge is 0.303 e. The molecule has 2 atom stereocenters. The van der Waals surface area contributed by atoms with E-state index in [4.69, 9.17) is 9.84 Å². The Hall–Kier alpha value is -1.10. The summed E-state index contributed by atoms with van der Waals surface area (Å²) in [6, 6.07) is 0. The van der Waals surface area contributed by atoms with Crippen molar-refractivity contribution >= 4 is 11.9 Å². The molecule has 0 aromatic rings. The van der Waals surface area contributed by atoms with Crippen molar-refractivity contribution in [1.29, 1.82) is 0 Å². The average Bonchev–Trinajstić information content (AvgIpc) is 2.41. The van der Waals surface area contributed by atoms with Crippen molar-refractivity contribution in [2.24, 2.45) is 5.92 Å². The molecule has 98 valence electrons. The van der Waals surface area contributed by atoms with Crippen LogP contribution in [0.2, 0.25) is 0 Å². The van der Waals surface area contributed by atoms with Gasteiger partial charge in [-0.1, -0.05) is 6.92 Å². The van der Waals surface area contributed by atoms with E-state index in [2.05, 4.69) is 0 Å². The Labute approximate surface area is 102 Å². The molecule has 2 unspecified atom stereocenters. The Balaban J connectivity index is 2.42. The first-order chi connectivity index (χ1) is 7.99. The predicted octanol–water partition coefficient (Wildman–Crippen LogP) is 1.12. The summed E-state index contributed by atoms with van der Waals surface area (Å²) in [5, 5.41) is 8.65. The van der Waals surface area contributed by atoms with Gasteiger partial charge in [-0.2, -0.15) is 0 Å². The lowest BCUT2D eigenvalue weighted by molar-refractivity contribution is -0.138. The number of carbonyl (C=O) groups excluding carboxylic acids is 1. The molecule has 1 fully saturated rings. The van der Waals surface area contributed by atoms with Crippen LogP contribution in [0, 0.1) is 5.92 Å². The molecular weight excluding hydrogens is 222 g/mol. The molecule has 1 saturated heterocycles. The third-order valence-electron chi connectivity index (χ3n) is 2.85. The van der Waals surface area contributed by atoms with E-state index >= 15 is 0 Å². The summed E-state index contributed by atoms with van der Waals surface area (Å²) in [7, 11) is 0. The Bertz CT molecular complexity index is 280. The molecule has 1 amide bonds. The largest absolute Gasteiger partial charge is 0.481 e. The Morgan fingerprint density at radius 2 is 2.18 bits per heavy atom. The highest BCUT2D eigenvalue weighted by atomic mass is 16.5. The fraction of sp³-hybridized carbons (Fsp3) is 0.833. The van der Waals surface area contributed by atoms with E-state index in [0.29, 0.717) is 26.1 Å². The molecule has 0 aromatic heterocycles. The van der Waals surface area contributed by atoms with Crippen LogP contribution in [-0.2, 0) is 14.3 Å². The number of carboxylic acid groups (broad SMARTS) is 1. The van der Waals surface area contributed by atoms with Crippen LogP contribution in [0.4, 0.5) is 0 Å². The maximum absolute atomic E-state index is 12.0. The molecule has 1 N–H and O–H groups in total. The highest BCUT2D eigenvalue weighted by Crippen LogP contribution is 2.13. The highest BCUT2D eigenvalue weighted by molar-refractivity contribution is 5.77. The SMILES string of the molecule is CC(CC(=O)O)CC(=O)N1CCCOC(C)C1. The van der Waals surface area contributed by atoms with Gasteiger partial charge in [0.1, 0.15) is 0 Å². The molecule has 1 aliphatic rings. The number of aliphatic carboxylic acids is 1. The van der Waals surface area contributed by atoms with Crippen LogP contribution in [0.25, 0.3) is 0 Å². The first-order valence-electron chi connectivity index (χ1n) is 6.10. The van der Waals surface area contributed by atoms with Crippen LogP contribution in [0.3, 0.4) is 0 Å². The van der Waals surface area contributed by atoms with E-state index in [1.807, 2.05) is 6.92 Å². The van der Waals surface area contributed by atoms with Crippen LogP contribution in [0.15, 0.2) is 0 Å². The summed E-state index contributed by atoms with van der Waals surface area (Å²) < 4.78 is 5.46. The average molecular weight is 243 g/mol. The lowest BCUT2D eigenvalue weighted by Crippen LogP contribution is -2.36. The summed E-state index contributed by atoms with van der Waals surface area (Å²) in [5.41, 5.74) is 0. The highest BCUT2D eigenvalue weighted by Gasteiger charge is 2.22. The monoisotopic (exact) mass is 243 g/mol. The number of amides is 1. The Morgan fingerprint density at radius 1 is 1.47 bits per heavy atom. The van der Waals surface area contributed by atoms with E-state index in [9.17, 15) is 9.59 Å². The van der Waals surface area contributed by atoms with Gasteiger partial charge >= 0.3 is 5.97 Å². The van der Waals surface area contributed by atoms with E-state index in [1.54, 1.807) is 11.8 Å². The Morgan fingerprint density at radius 3 is 2.82 bits per heavy atom. The molecule has 0 saturated carbocycles. The molecule has 1 aliphatic heterocycles. The van der Waals surface area contributed by atoms with Gasteiger partial charge in [0, 0.05) is 32.5 Å². The van der Waals surface area contributed by atoms with Gasteiger partial charge in [-0.05, 0) is 19.3 Å². The third-order valence-corrected chi connectivity index (χ3v) is 2.85. The minimum Gasteiger partial charge on any atom is -0.481 e. The van der Waals surface area contributed by atoms with Gasteiger partial charge in [-0.15, -0.1) is 0 Å². The molecular formula is C12H21NO4. The van der Waals surface area contributed by atoms with Gasteiger partial charge in [0.15, 0.2) is 0 Å². The van der Waals surface area contributed by atoms with Crippen molar-refractivity contribution in [2.75, 3.05) is 19.7 Å². The lowest BCUT2D eigenvalue weighted by Gasteiger charge is -2.23. The quantitative estimate of drug-likeness (QED) is 0.803. The molecule has 17 heavy (non-hydrogen) atoms. The molecule has 0 aliphatic carbocycles. The second kappa shape index (κ2) is 6.59. The second-order valence-electron chi connectivity index (χ2n) is 4.78. The van der Waals surface area contributed by atoms with Crippen LogP contribution < -0.4 is 0 Å². The fourth-order valence-corrected chi connectivity index (χ4v) is 2.02. The number of ether oxygens (including phenoxy) is 1. The van der Waals surface area contributed by atoms with Gasteiger partial charge in [-0.25, -0.2) is 0 Å². The molecule has 5 heteroatoms. The number of hydrogen-bond donors (Lipinski definition) is 1. The maximum atomic E-state index is 12.0. The number of carbonyl (C=O) groups is 2. The first kappa shape index (κ1) is 14.0. The van der Waals surface area contributed by atoms with Gasteiger partial charge in [-0.3, -0.25) is 9.59 Å². The van der Waals surface area contributed by atoms with E-state index in [-0.39, 0.29) is 24.3 Å². The summed E-state index contributed by atoms with van der Waals surface area (Å²) in [6.45, 7) is 5.76. The summed E-state index contributed by atoms with van der Waals surface area (Å²) >= 11 is 0. The molecule has 0 radical (unpaired) electrons. The van der Waals surface area contributed by atoms with Gasteiger partial charge in [0.05, 0.1) is 6.10 Å². The van der Waals surface area contributed by atoms with Crippen molar-refractivity contribution in [3.05, 3.63) is 0 Å². The topological polar surface area (TPSA) is 66.8 Å². The van der Waals surface area contributed by atoms with Gasteiger partial charge in [0.25, 0.3) is 0 Å². The van der Waals surface area contributed by atoms with Crippen LogP contribution >= 0.6 is 0 Å². The van der Waals surface area contributed by atoms with Crippen LogP contribution in [0.5, 0.6) is 0 Å². The van der Waals surface area contributed by atoms with Crippen molar-refractivity contribution < 1.29 is 19.4 Å². The molecule has 0 aromatic carbocycles. The molecule has 0 spiro atoms. The summed E-state index contributed by atoms with van der Waals surface area (Å²) in [4.78, 5) is 24.3. The summed E-state index contributed by atoms with van der Waals surface area (Å²) in [5.74, 6) is -0.923. The zero-order valence-corrected chi connectivity index (χ0v) is 10.5. The van der Waals surface area contributed by atoms with E-state index < -0.39 is 5.97 Å². The van der Waals surface area contributed by atoms with Crippen molar-refractivity contribution in [1.82, 2.24) is 4.90 Å². The molecule has 1 rings (SSSR count). The van der Waals surface area contributed by atoms with Crippen molar-refractivity contribution in [2.45, 2.75) is 39.2 Å². The third kappa shape index (κ3) is 5.17. The first-order valence-corrected chi connectivity index (χ1v) is 6.10. The van der Waals surface area contributed by atoms with Crippen LogP contribution in [0.1, 0.15) is 33.1 Å². The summed E-state index contributed by atoms with van der Waals surface area (Å²) in [6.07, 6.45) is 1.27. The fourth-order valence-electron chi connectivity index (χ4n) is 2.02. The normalized spacial score (nSPS) is 22.9. The zero-order chi connectivity index (χ0) is 12.8. The van der Waals surface area contributed by atoms with Crippen LogP contribution in [-0.4, -0.2) is 47.7 Å². The van der Waals surface area contributed by atoms with E-state index in [1.165, 1.54) is 0 Å². The van der Waals surface area contributed by atoms with Crippen molar-refractivity contribution in [3.8, 4) is 0 Å². The van der Waals surface area contributed by atoms with E-state index in [0.717, 1.165) is 6.42 Å². The molecule has 1 heterocycles.